The molecule has 0 heterocycles. The van der Waals surface area contributed by atoms with Gasteiger partial charge in [-0.05, 0) is 48.0 Å². The molecule has 0 radical (unpaired) electrons. The third-order valence-electron chi connectivity index (χ3n) is 6.02. The summed E-state index contributed by atoms with van der Waals surface area (Å²) in [7, 11) is 0. The average Bonchev–Trinajstić information content (AvgIpc) is 3.48. The van der Waals surface area contributed by atoms with Crippen molar-refractivity contribution in [2.75, 3.05) is 16.0 Å². The molecule has 1 unspecified atom stereocenters. The van der Waals surface area contributed by atoms with Gasteiger partial charge in [-0.3, -0.25) is 14.4 Å². The second kappa shape index (κ2) is 11.9. The molecule has 4 rings (SSSR count). The summed E-state index contributed by atoms with van der Waals surface area (Å²) in [5.41, 5.74) is -2.04. The zero-order valence-corrected chi connectivity index (χ0v) is 24.6. The molecule has 1 fully saturated rings. The molecule has 0 aliphatic heterocycles. The van der Waals surface area contributed by atoms with Crippen LogP contribution in [0.5, 0.6) is 0 Å². The minimum Gasteiger partial charge on any atom is -0.326 e. The maximum atomic E-state index is 14.8. The first kappa shape index (κ1) is 32.4. The van der Waals surface area contributed by atoms with E-state index in [9.17, 15) is 36.3 Å². The lowest BCUT2D eigenvalue weighted by Crippen LogP contribution is -2.31. The van der Waals surface area contributed by atoms with Gasteiger partial charge in [0.05, 0.1) is 37.3 Å². The summed E-state index contributed by atoms with van der Waals surface area (Å²) in [6.45, 7) is 0. The van der Waals surface area contributed by atoms with Crippen LogP contribution in [0.4, 0.5) is 39.0 Å². The highest BCUT2D eigenvalue weighted by atomic mass is 35.5. The van der Waals surface area contributed by atoms with Crippen molar-refractivity contribution in [1.82, 2.24) is 0 Å². The second-order valence-corrected chi connectivity index (χ2v) is 11.8. The number of carbonyl (C=O) groups is 3. The van der Waals surface area contributed by atoms with E-state index in [-0.39, 0.29) is 31.3 Å². The number of hydrogen-bond donors (Lipinski definition) is 3. The monoisotopic (exact) mass is 707 g/mol. The predicted molar refractivity (Wildman–Crippen MR) is 151 cm³/mol. The normalized spacial score (nSPS) is 17.4. The highest BCUT2D eigenvalue weighted by Gasteiger charge is 2.67. The summed E-state index contributed by atoms with van der Waals surface area (Å²) >= 11 is 36.9. The van der Waals surface area contributed by atoms with Gasteiger partial charge >= 0.3 is 12.1 Å². The molecular formula is C25H12Cl6F5N3O3. The van der Waals surface area contributed by atoms with Crippen LogP contribution < -0.4 is 16.0 Å². The molecule has 0 spiro atoms. The Morgan fingerprint density at radius 2 is 1.43 bits per heavy atom. The summed E-state index contributed by atoms with van der Waals surface area (Å²) in [5.74, 6) is -9.30. The van der Waals surface area contributed by atoms with Crippen molar-refractivity contribution in [3.63, 3.8) is 0 Å². The van der Waals surface area contributed by atoms with Crippen LogP contribution in [0.2, 0.25) is 20.1 Å². The van der Waals surface area contributed by atoms with E-state index >= 15 is 0 Å². The highest BCUT2D eigenvalue weighted by Crippen LogP contribution is 2.65. The van der Waals surface area contributed by atoms with Crippen molar-refractivity contribution in [3.8, 4) is 0 Å². The third kappa shape index (κ3) is 6.51. The first-order valence-electron chi connectivity index (χ1n) is 11.2. The molecule has 0 saturated heterocycles. The minimum absolute atomic E-state index is 0.0363. The van der Waals surface area contributed by atoms with E-state index in [1.165, 1.54) is 24.3 Å². The fourth-order valence-corrected chi connectivity index (χ4v) is 5.60. The number of hydrogen-bond acceptors (Lipinski definition) is 3. The van der Waals surface area contributed by atoms with Crippen molar-refractivity contribution in [1.29, 1.82) is 0 Å². The zero-order chi connectivity index (χ0) is 31.3. The van der Waals surface area contributed by atoms with Gasteiger partial charge in [-0.1, -0.05) is 46.4 Å². The van der Waals surface area contributed by atoms with Gasteiger partial charge in [-0.2, -0.15) is 13.2 Å². The van der Waals surface area contributed by atoms with Crippen LogP contribution in [-0.4, -0.2) is 28.2 Å². The number of benzene rings is 3. The Kier molecular flexibility index (Phi) is 9.14. The zero-order valence-electron chi connectivity index (χ0n) is 20.1. The van der Waals surface area contributed by atoms with Gasteiger partial charge in [0.15, 0.2) is 5.82 Å². The highest BCUT2D eigenvalue weighted by molar-refractivity contribution is 6.54. The van der Waals surface area contributed by atoms with Gasteiger partial charge in [0.1, 0.15) is 15.8 Å². The van der Waals surface area contributed by atoms with Crippen molar-refractivity contribution in [3.05, 3.63) is 85.3 Å². The lowest BCUT2D eigenvalue weighted by Gasteiger charge is -2.14. The van der Waals surface area contributed by atoms with Crippen LogP contribution in [0, 0.1) is 17.6 Å². The predicted octanol–water partition coefficient (Wildman–Crippen LogP) is 8.86. The minimum atomic E-state index is -5.43. The first-order valence-corrected chi connectivity index (χ1v) is 13.5. The molecule has 3 aromatic rings. The Hall–Kier alpha value is -2.54. The molecular weight excluding hydrogens is 698 g/mol. The van der Waals surface area contributed by atoms with E-state index in [1.54, 1.807) is 0 Å². The molecule has 3 aromatic carbocycles. The molecule has 1 saturated carbocycles. The lowest BCUT2D eigenvalue weighted by molar-refractivity contribution is -0.167. The van der Waals surface area contributed by atoms with Crippen molar-refractivity contribution in [2.24, 2.45) is 5.92 Å². The number of halogens is 11. The molecule has 3 amide bonds. The number of nitrogens with one attached hydrogen (secondary N) is 3. The smallest absolute Gasteiger partial charge is 0.326 e. The summed E-state index contributed by atoms with van der Waals surface area (Å²) < 4.78 is 64.8. The van der Waals surface area contributed by atoms with Crippen molar-refractivity contribution in [2.45, 2.75) is 16.4 Å². The summed E-state index contributed by atoms with van der Waals surface area (Å²) in [5, 5.41) is 5.82. The average molecular weight is 710 g/mol. The van der Waals surface area contributed by atoms with Crippen LogP contribution >= 0.6 is 69.6 Å². The Morgan fingerprint density at radius 3 is 2.02 bits per heavy atom. The quantitative estimate of drug-likeness (QED) is 0.136. The standard InChI is InChI=1S/C25H12Cl6F5N3O3/c26-11-2-1-9(37-22(41)17-16(24(17,30)31)8-5-12(27)18(29)13(28)6-8)7-10(11)21(40)38-15-4-3-14(32)20(19(15)33)39-23(42)25(34,35)36/h1-7,16-17H,(H,37,41)(H,38,40)(H,39,42)/t16-,17?/m0/s1. The largest absolute Gasteiger partial charge is 0.471 e. The van der Waals surface area contributed by atoms with E-state index in [4.69, 9.17) is 69.6 Å². The fraction of sp³-hybridized carbons (Fsp3) is 0.160. The van der Waals surface area contributed by atoms with Crippen LogP contribution in [0.25, 0.3) is 0 Å². The van der Waals surface area contributed by atoms with Crippen LogP contribution in [0.15, 0.2) is 42.5 Å². The fourth-order valence-electron chi connectivity index (χ4n) is 3.96. The van der Waals surface area contributed by atoms with E-state index in [0.717, 1.165) is 11.4 Å². The second-order valence-electron chi connectivity index (χ2n) is 8.80. The van der Waals surface area contributed by atoms with Gasteiger partial charge in [-0.15, -0.1) is 23.2 Å². The molecule has 0 bridgehead atoms. The van der Waals surface area contributed by atoms with Gasteiger partial charge in [-0.25, -0.2) is 8.78 Å². The molecule has 6 nitrogen and oxygen atoms in total. The Labute approximate surface area is 263 Å². The van der Waals surface area contributed by atoms with Crippen LogP contribution in [0.1, 0.15) is 21.8 Å². The first-order chi connectivity index (χ1) is 19.4. The maximum absolute atomic E-state index is 14.8. The van der Waals surface area contributed by atoms with Gasteiger partial charge in [0.25, 0.3) is 5.91 Å². The lowest BCUT2D eigenvalue weighted by atomic mass is 10.1. The Morgan fingerprint density at radius 1 is 0.810 bits per heavy atom. The molecule has 0 aromatic heterocycles. The molecule has 1 aliphatic carbocycles. The summed E-state index contributed by atoms with van der Waals surface area (Å²) in [6.07, 6.45) is -5.43. The van der Waals surface area contributed by atoms with Crippen LogP contribution in [0.3, 0.4) is 0 Å². The van der Waals surface area contributed by atoms with E-state index in [2.05, 4.69) is 5.32 Å². The van der Waals surface area contributed by atoms with E-state index in [0.29, 0.717) is 17.7 Å². The number of carbonyl (C=O) groups excluding carboxylic acids is 3. The van der Waals surface area contributed by atoms with Crippen LogP contribution in [-0.2, 0) is 9.59 Å². The Balaban J connectivity index is 1.53. The van der Waals surface area contributed by atoms with Crippen molar-refractivity contribution >= 4 is 104 Å². The van der Waals surface area contributed by atoms with Crippen molar-refractivity contribution < 1.29 is 36.3 Å². The summed E-state index contributed by atoms with van der Waals surface area (Å²) in [4.78, 5) is 37.1. The van der Waals surface area contributed by atoms with Gasteiger partial charge < -0.3 is 16.0 Å². The van der Waals surface area contributed by atoms with E-state index < -0.39 is 63.1 Å². The molecule has 222 valence electrons. The molecule has 17 heteroatoms. The van der Waals surface area contributed by atoms with E-state index in [1.807, 2.05) is 5.32 Å². The number of rotatable bonds is 6. The number of anilines is 3. The SMILES string of the molecule is O=C(Nc1ccc(F)c(NC(=O)C(F)(F)F)c1F)c1cc(NC(=O)C2[C@H](c3cc(Cl)c(Cl)c(Cl)c3)C2(Cl)Cl)ccc1Cl. The maximum Gasteiger partial charge on any atom is 0.471 e. The van der Waals surface area contributed by atoms with Gasteiger partial charge in [0, 0.05) is 11.6 Å². The third-order valence-corrected chi connectivity index (χ3v) is 8.48. The molecule has 1 aliphatic rings. The topological polar surface area (TPSA) is 87.3 Å². The molecule has 2 atom stereocenters. The molecule has 3 N–H and O–H groups in total. The number of alkyl halides is 5. The Bertz CT molecular complexity index is 1610. The number of amides is 3. The summed E-state index contributed by atoms with van der Waals surface area (Å²) in [6, 6.07) is 7.84. The molecule has 42 heavy (non-hydrogen) atoms. The van der Waals surface area contributed by atoms with Gasteiger partial charge in [0.2, 0.25) is 5.91 Å².